The Bertz CT molecular complexity index is 315. The third-order valence-corrected chi connectivity index (χ3v) is 3.46. The molecule has 0 aliphatic rings. The smallest absolute Gasteiger partial charge is 0.157 e. The fourth-order valence-electron chi connectivity index (χ4n) is 1.20. The van der Waals surface area contributed by atoms with Gasteiger partial charge in [-0.05, 0) is 12.5 Å². The van der Waals surface area contributed by atoms with Crippen LogP contribution in [0.4, 0.5) is 0 Å². The van der Waals surface area contributed by atoms with Crippen LogP contribution < -0.4 is 5.19 Å². The summed E-state index contributed by atoms with van der Waals surface area (Å²) in [5, 5.41) is 1.23. The molecule has 0 saturated heterocycles. The molecular formula is C12H16O2Si. The largest absolute Gasteiger partial charge is 0.360 e. The van der Waals surface area contributed by atoms with Crippen LogP contribution in [0.15, 0.2) is 30.8 Å². The molecule has 0 aliphatic heterocycles. The van der Waals surface area contributed by atoms with Crippen molar-refractivity contribution >= 4 is 20.3 Å². The van der Waals surface area contributed by atoms with Crippen molar-refractivity contribution in [1.82, 2.24) is 0 Å². The molecule has 0 heterocycles. The Hall–Kier alpha value is -0.903. The molecular weight excluding hydrogens is 204 g/mol. The second-order valence-electron chi connectivity index (χ2n) is 3.31. The van der Waals surface area contributed by atoms with E-state index < -0.39 is 0 Å². The average Bonchev–Trinajstić information content (AvgIpc) is 2.26. The lowest BCUT2D eigenvalue weighted by molar-refractivity contribution is -0.0429. The Morgan fingerprint density at radius 3 is 2.13 bits per heavy atom. The van der Waals surface area contributed by atoms with Crippen LogP contribution in [0.25, 0.3) is 5.57 Å². The van der Waals surface area contributed by atoms with Crippen molar-refractivity contribution in [3.63, 3.8) is 0 Å². The number of rotatable bonds is 5. The average molecular weight is 220 g/mol. The highest BCUT2D eigenvalue weighted by molar-refractivity contribution is 6.54. The predicted molar refractivity (Wildman–Crippen MR) is 64.3 cm³/mol. The Morgan fingerprint density at radius 2 is 1.73 bits per heavy atom. The molecule has 0 spiro atoms. The molecule has 0 atom stereocenters. The van der Waals surface area contributed by atoms with Crippen molar-refractivity contribution in [2.75, 3.05) is 14.2 Å². The van der Waals surface area contributed by atoms with Crippen molar-refractivity contribution in [2.24, 2.45) is 0 Å². The number of benzene rings is 1. The minimum absolute atomic E-state index is 0.138. The molecule has 0 aromatic heterocycles. The first kappa shape index (κ1) is 12.2. The zero-order valence-electron chi connectivity index (χ0n) is 9.41. The van der Waals surface area contributed by atoms with Crippen LogP contribution in [0.1, 0.15) is 12.5 Å². The van der Waals surface area contributed by atoms with E-state index in [2.05, 4.69) is 30.8 Å². The molecule has 1 rings (SSSR count). The summed E-state index contributed by atoms with van der Waals surface area (Å²) in [4.78, 5) is 0. The van der Waals surface area contributed by atoms with E-state index in [1.54, 1.807) is 14.2 Å². The summed E-state index contributed by atoms with van der Waals surface area (Å²) < 4.78 is 10.3. The first-order valence-corrected chi connectivity index (χ1v) is 5.83. The van der Waals surface area contributed by atoms with Gasteiger partial charge in [0.05, 0.1) is 0 Å². The highest BCUT2D eigenvalue weighted by Gasteiger charge is 2.07. The topological polar surface area (TPSA) is 18.5 Å². The molecule has 15 heavy (non-hydrogen) atoms. The maximum absolute atomic E-state index is 5.15. The standard InChI is InChI=1S/C12H16O2Si/c1-9(2)10-5-7-11(8-6-10)15-12(13-3)14-4/h5-8,12H,1H2,2-4H3. The molecule has 1 aromatic carbocycles. The van der Waals surface area contributed by atoms with Gasteiger partial charge < -0.3 is 9.47 Å². The SMILES string of the molecule is C=C(C)c1ccc([Si]C(OC)OC)cc1. The first-order chi connectivity index (χ1) is 7.17. The van der Waals surface area contributed by atoms with E-state index in [0.717, 1.165) is 5.57 Å². The number of ether oxygens (including phenoxy) is 2. The third kappa shape index (κ3) is 3.62. The second kappa shape index (κ2) is 5.85. The molecule has 0 aliphatic carbocycles. The maximum atomic E-state index is 5.15. The summed E-state index contributed by atoms with van der Waals surface area (Å²) >= 11 is 0. The van der Waals surface area contributed by atoms with Crippen molar-refractivity contribution in [3.8, 4) is 0 Å². The van der Waals surface area contributed by atoms with E-state index in [0.29, 0.717) is 9.52 Å². The number of hydrogen-bond donors (Lipinski definition) is 0. The van der Waals surface area contributed by atoms with E-state index >= 15 is 0 Å². The Labute approximate surface area is 93.7 Å². The summed E-state index contributed by atoms with van der Waals surface area (Å²) in [6, 6.07) is 8.33. The number of hydrogen-bond acceptors (Lipinski definition) is 2. The summed E-state index contributed by atoms with van der Waals surface area (Å²) in [6.07, 6.45) is 0. The van der Waals surface area contributed by atoms with Crippen LogP contribution in [-0.2, 0) is 9.47 Å². The van der Waals surface area contributed by atoms with Crippen molar-refractivity contribution in [1.29, 1.82) is 0 Å². The van der Waals surface area contributed by atoms with Crippen LogP contribution >= 0.6 is 0 Å². The lowest BCUT2D eigenvalue weighted by Gasteiger charge is -2.12. The van der Waals surface area contributed by atoms with E-state index in [9.17, 15) is 0 Å². The first-order valence-electron chi connectivity index (χ1n) is 4.75. The highest BCUT2D eigenvalue weighted by Crippen LogP contribution is 2.08. The summed E-state index contributed by atoms with van der Waals surface area (Å²) in [6.45, 7) is 5.91. The fraction of sp³-hybridized carbons (Fsp3) is 0.333. The monoisotopic (exact) mass is 220 g/mol. The number of allylic oxidation sites excluding steroid dienone is 1. The molecule has 0 bridgehead atoms. The van der Waals surface area contributed by atoms with Crippen molar-refractivity contribution in [2.45, 2.75) is 12.8 Å². The quantitative estimate of drug-likeness (QED) is 0.554. The van der Waals surface area contributed by atoms with Crippen molar-refractivity contribution < 1.29 is 9.47 Å². The van der Waals surface area contributed by atoms with Gasteiger partial charge in [-0.2, -0.15) is 0 Å². The Balaban J connectivity index is 2.67. The number of methoxy groups -OCH3 is 2. The summed E-state index contributed by atoms with van der Waals surface area (Å²) in [5.74, 6) is -0.138. The highest BCUT2D eigenvalue weighted by atomic mass is 28.2. The van der Waals surface area contributed by atoms with Gasteiger partial charge >= 0.3 is 0 Å². The zero-order valence-corrected chi connectivity index (χ0v) is 10.4. The van der Waals surface area contributed by atoms with Crippen LogP contribution in [0, 0.1) is 0 Å². The third-order valence-electron chi connectivity index (χ3n) is 2.09. The second-order valence-corrected chi connectivity index (χ2v) is 4.64. The fourth-order valence-corrected chi connectivity index (χ4v) is 2.07. The minimum atomic E-state index is -0.138. The lowest BCUT2D eigenvalue weighted by atomic mass is 10.1. The van der Waals surface area contributed by atoms with Crippen LogP contribution in [0.2, 0.25) is 0 Å². The van der Waals surface area contributed by atoms with E-state index in [4.69, 9.17) is 9.47 Å². The molecule has 2 nitrogen and oxygen atoms in total. The maximum Gasteiger partial charge on any atom is 0.157 e. The summed E-state index contributed by atoms with van der Waals surface area (Å²) in [7, 11) is 3.82. The minimum Gasteiger partial charge on any atom is -0.360 e. The van der Waals surface area contributed by atoms with Gasteiger partial charge in [0.15, 0.2) is 9.52 Å². The molecule has 0 fully saturated rings. The lowest BCUT2D eigenvalue weighted by Crippen LogP contribution is -2.31. The zero-order chi connectivity index (χ0) is 11.3. The van der Waals surface area contributed by atoms with E-state index in [1.165, 1.54) is 10.8 Å². The van der Waals surface area contributed by atoms with Crippen LogP contribution in [0.3, 0.4) is 0 Å². The predicted octanol–water partition coefficient (Wildman–Crippen LogP) is 1.63. The van der Waals surface area contributed by atoms with E-state index in [1.807, 2.05) is 6.92 Å². The van der Waals surface area contributed by atoms with Gasteiger partial charge in [-0.15, -0.1) is 0 Å². The molecule has 2 radical (unpaired) electrons. The van der Waals surface area contributed by atoms with Gasteiger partial charge in [0.1, 0.15) is 5.91 Å². The van der Waals surface area contributed by atoms with E-state index in [-0.39, 0.29) is 5.91 Å². The van der Waals surface area contributed by atoms with Gasteiger partial charge in [-0.3, -0.25) is 0 Å². The van der Waals surface area contributed by atoms with Gasteiger partial charge in [0, 0.05) is 14.2 Å². The summed E-state index contributed by atoms with van der Waals surface area (Å²) in [5.41, 5.74) is 2.26. The van der Waals surface area contributed by atoms with Gasteiger partial charge in [-0.25, -0.2) is 0 Å². The van der Waals surface area contributed by atoms with Crippen LogP contribution in [0.5, 0.6) is 0 Å². The molecule has 80 valence electrons. The van der Waals surface area contributed by atoms with Crippen molar-refractivity contribution in [3.05, 3.63) is 36.4 Å². The molecule has 0 unspecified atom stereocenters. The molecule has 1 aromatic rings. The normalized spacial score (nSPS) is 10.7. The Kier molecular flexibility index (Phi) is 4.75. The molecule has 0 N–H and O–H groups in total. The Morgan fingerprint density at radius 1 is 1.20 bits per heavy atom. The van der Waals surface area contributed by atoms with Crippen LogP contribution in [-0.4, -0.2) is 29.7 Å². The molecule has 0 saturated carbocycles. The molecule has 0 amide bonds. The van der Waals surface area contributed by atoms with Gasteiger partial charge in [0.25, 0.3) is 0 Å². The molecule has 3 heteroatoms. The van der Waals surface area contributed by atoms with Gasteiger partial charge in [0.2, 0.25) is 0 Å². The van der Waals surface area contributed by atoms with Gasteiger partial charge in [-0.1, -0.05) is 41.6 Å².